The van der Waals surface area contributed by atoms with E-state index in [0.29, 0.717) is 0 Å². The molecule has 0 spiro atoms. The molecule has 0 radical (unpaired) electrons. The Hall–Kier alpha value is -1.52. The van der Waals surface area contributed by atoms with E-state index in [1.54, 1.807) is 0 Å². The maximum atomic E-state index is 3.42. The van der Waals surface area contributed by atoms with Gasteiger partial charge in [0.25, 0.3) is 0 Å². The van der Waals surface area contributed by atoms with Gasteiger partial charge in [0.1, 0.15) is 0 Å². The summed E-state index contributed by atoms with van der Waals surface area (Å²) in [6.07, 6.45) is 0. The van der Waals surface area contributed by atoms with E-state index in [1.165, 1.54) is 0 Å². The van der Waals surface area contributed by atoms with Crippen molar-refractivity contribution in [2.24, 2.45) is 0 Å². The minimum atomic E-state index is 1.02. The van der Waals surface area contributed by atoms with Gasteiger partial charge in [0.2, 0.25) is 0 Å². The molecular formula is C14H9Br. The fourth-order valence-corrected chi connectivity index (χ4v) is 1.63. The molecule has 0 heterocycles. The molecule has 0 nitrogen and oxygen atoms in total. The zero-order valence-electron chi connectivity index (χ0n) is 8.07. The first-order valence-corrected chi connectivity index (χ1v) is 5.46. The van der Waals surface area contributed by atoms with Crippen LogP contribution in [0.4, 0.5) is 0 Å². The molecule has 0 fully saturated rings. The summed E-state index contributed by atoms with van der Waals surface area (Å²) in [6, 6.07) is 18.0. The molecule has 0 aliphatic rings. The number of rotatable bonds is 0. The van der Waals surface area contributed by atoms with Crippen LogP contribution in [-0.2, 0) is 0 Å². The summed E-state index contributed by atoms with van der Waals surface area (Å²) in [5.74, 6) is 6.24. The summed E-state index contributed by atoms with van der Waals surface area (Å²) in [5, 5.41) is 0. The van der Waals surface area contributed by atoms with Crippen LogP contribution in [0, 0.1) is 11.8 Å². The first-order valence-electron chi connectivity index (χ1n) is 4.67. The van der Waals surface area contributed by atoms with Gasteiger partial charge >= 0.3 is 0 Å². The molecular weight excluding hydrogens is 248 g/mol. The molecule has 2 rings (SSSR count). The van der Waals surface area contributed by atoms with Crippen LogP contribution in [0.2, 0.25) is 0 Å². The van der Waals surface area contributed by atoms with Crippen molar-refractivity contribution in [1.82, 2.24) is 0 Å². The first kappa shape index (κ1) is 10.0. The Balaban J connectivity index is 2.26. The average Bonchev–Trinajstić information content (AvgIpc) is 2.28. The second kappa shape index (κ2) is 4.82. The lowest BCUT2D eigenvalue weighted by atomic mass is 10.2. The lowest BCUT2D eigenvalue weighted by Gasteiger charge is -1.91. The van der Waals surface area contributed by atoms with Crippen molar-refractivity contribution in [3.63, 3.8) is 0 Å². The van der Waals surface area contributed by atoms with Gasteiger partial charge in [-0.2, -0.15) is 0 Å². The van der Waals surface area contributed by atoms with E-state index in [1.807, 2.05) is 54.6 Å². The van der Waals surface area contributed by atoms with Gasteiger partial charge in [0.05, 0.1) is 0 Å². The Labute approximate surface area is 98.1 Å². The van der Waals surface area contributed by atoms with Crippen molar-refractivity contribution in [3.8, 4) is 11.8 Å². The molecule has 0 aromatic heterocycles. The Bertz CT molecular complexity index is 504. The zero-order chi connectivity index (χ0) is 10.5. The molecule has 0 aliphatic heterocycles. The quantitative estimate of drug-likeness (QED) is 0.629. The summed E-state index contributed by atoms with van der Waals surface area (Å²) in [7, 11) is 0. The summed E-state index contributed by atoms with van der Waals surface area (Å²) < 4.78 is 1.06. The highest BCUT2D eigenvalue weighted by molar-refractivity contribution is 9.10. The first-order chi connectivity index (χ1) is 7.34. The van der Waals surface area contributed by atoms with E-state index in [-0.39, 0.29) is 0 Å². The topological polar surface area (TPSA) is 0 Å². The van der Waals surface area contributed by atoms with Crippen molar-refractivity contribution in [2.75, 3.05) is 0 Å². The van der Waals surface area contributed by atoms with Gasteiger partial charge in [-0.1, -0.05) is 52.0 Å². The number of halogens is 1. The van der Waals surface area contributed by atoms with E-state index >= 15 is 0 Å². The molecule has 0 amide bonds. The minimum absolute atomic E-state index is 1.02. The third-order valence-electron chi connectivity index (χ3n) is 1.95. The van der Waals surface area contributed by atoms with Crippen LogP contribution in [0.1, 0.15) is 11.1 Å². The van der Waals surface area contributed by atoms with Crippen LogP contribution >= 0.6 is 15.9 Å². The van der Waals surface area contributed by atoms with Crippen molar-refractivity contribution in [2.45, 2.75) is 0 Å². The van der Waals surface area contributed by atoms with E-state index in [4.69, 9.17) is 0 Å². The van der Waals surface area contributed by atoms with Crippen LogP contribution in [-0.4, -0.2) is 0 Å². The second-order valence-corrected chi connectivity index (χ2v) is 4.04. The third kappa shape index (κ3) is 2.97. The van der Waals surface area contributed by atoms with Gasteiger partial charge in [-0.3, -0.25) is 0 Å². The van der Waals surface area contributed by atoms with Gasteiger partial charge in [-0.05, 0) is 30.3 Å². The SMILES string of the molecule is Brc1cccc(C#Cc2ccccc2)c1. The van der Waals surface area contributed by atoms with E-state index in [2.05, 4.69) is 27.8 Å². The molecule has 0 bridgehead atoms. The highest BCUT2D eigenvalue weighted by atomic mass is 79.9. The molecule has 72 valence electrons. The van der Waals surface area contributed by atoms with Gasteiger partial charge in [0.15, 0.2) is 0 Å². The molecule has 2 aromatic rings. The van der Waals surface area contributed by atoms with Crippen molar-refractivity contribution in [3.05, 3.63) is 70.2 Å². The molecule has 0 unspecified atom stereocenters. The predicted octanol–water partition coefficient (Wildman–Crippen LogP) is 3.85. The molecule has 0 saturated heterocycles. The highest BCUT2D eigenvalue weighted by Gasteiger charge is 1.88. The minimum Gasteiger partial charge on any atom is -0.0622 e. The zero-order valence-corrected chi connectivity index (χ0v) is 9.66. The van der Waals surface area contributed by atoms with Crippen molar-refractivity contribution in [1.29, 1.82) is 0 Å². The largest absolute Gasteiger partial charge is 0.0622 e. The summed E-state index contributed by atoms with van der Waals surface area (Å²) in [4.78, 5) is 0. The Morgan fingerprint density at radius 1 is 0.733 bits per heavy atom. The molecule has 0 aliphatic carbocycles. The van der Waals surface area contributed by atoms with Gasteiger partial charge in [0, 0.05) is 15.6 Å². The standard InChI is InChI=1S/C14H9Br/c15-14-8-4-7-13(11-14)10-9-12-5-2-1-3-6-12/h1-8,11H. The van der Waals surface area contributed by atoms with Crippen molar-refractivity contribution < 1.29 is 0 Å². The highest BCUT2D eigenvalue weighted by Crippen LogP contribution is 2.10. The third-order valence-corrected chi connectivity index (χ3v) is 2.44. The lowest BCUT2D eigenvalue weighted by Crippen LogP contribution is -1.75. The molecule has 2 aromatic carbocycles. The summed E-state index contributed by atoms with van der Waals surface area (Å²) in [6.45, 7) is 0. The Morgan fingerprint density at radius 2 is 1.40 bits per heavy atom. The van der Waals surface area contributed by atoms with E-state index in [9.17, 15) is 0 Å². The van der Waals surface area contributed by atoms with Gasteiger partial charge in [-0.25, -0.2) is 0 Å². The number of hydrogen-bond acceptors (Lipinski definition) is 0. The molecule has 0 atom stereocenters. The summed E-state index contributed by atoms with van der Waals surface area (Å²) in [5.41, 5.74) is 2.06. The fourth-order valence-electron chi connectivity index (χ4n) is 1.23. The lowest BCUT2D eigenvalue weighted by molar-refractivity contribution is 1.59. The normalized spacial score (nSPS) is 9.13. The van der Waals surface area contributed by atoms with Crippen LogP contribution in [0.3, 0.4) is 0 Å². The van der Waals surface area contributed by atoms with Crippen molar-refractivity contribution >= 4 is 15.9 Å². The number of hydrogen-bond donors (Lipinski definition) is 0. The predicted molar refractivity (Wildman–Crippen MR) is 66.6 cm³/mol. The van der Waals surface area contributed by atoms with Gasteiger partial charge in [-0.15, -0.1) is 0 Å². The molecule has 0 saturated carbocycles. The molecule has 1 heteroatoms. The monoisotopic (exact) mass is 256 g/mol. The van der Waals surface area contributed by atoms with E-state index < -0.39 is 0 Å². The smallest absolute Gasteiger partial charge is 0.0260 e. The second-order valence-electron chi connectivity index (χ2n) is 3.13. The maximum absolute atomic E-state index is 3.42. The fraction of sp³-hybridized carbons (Fsp3) is 0. The maximum Gasteiger partial charge on any atom is 0.0260 e. The summed E-state index contributed by atoms with van der Waals surface area (Å²) >= 11 is 3.42. The number of benzene rings is 2. The van der Waals surface area contributed by atoms with Crippen LogP contribution in [0.15, 0.2) is 59.1 Å². The van der Waals surface area contributed by atoms with Crippen LogP contribution in [0.25, 0.3) is 0 Å². The van der Waals surface area contributed by atoms with Gasteiger partial charge < -0.3 is 0 Å². The average molecular weight is 257 g/mol. The Kier molecular flexibility index (Phi) is 3.22. The molecule has 15 heavy (non-hydrogen) atoms. The van der Waals surface area contributed by atoms with E-state index in [0.717, 1.165) is 15.6 Å². The van der Waals surface area contributed by atoms with Crippen LogP contribution < -0.4 is 0 Å². The van der Waals surface area contributed by atoms with Crippen LogP contribution in [0.5, 0.6) is 0 Å². The Morgan fingerprint density at radius 3 is 2.13 bits per heavy atom. The molecule has 0 N–H and O–H groups in total.